The Morgan fingerprint density at radius 3 is 2.45 bits per heavy atom. The molecule has 0 spiro atoms. The van der Waals surface area contributed by atoms with Crippen LogP contribution in [0.3, 0.4) is 0 Å². The van der Waals surface area contributed by atoms with E-state index in [2.05, 4.69) is 13.8 Å². The third kappa shape index (κ3) is 1.63. The second-order valence-electron chi connectivity index (χ2n) is 3.50. The lowest BCUT2D eigenvalue weighted by atomic mass is 9.91. The van der Waals surface area contributed by atoms with E-state index in [1.807, 2.05) is 19.1 Å². The van der Waals surface area contributed by atoms with Crippen molar-refractivity contribution in [2.45, 2.75) is 26.2 Å². The summed E-state index contributed by atoms with van der Waals surface area (Å²) in [5, 5.41) is 0. The zero-order chi connectivity index (χ0) is 8.48. The fraction of sp³-hybridized carbons (Fsp3) is 0.556. The highest BCUT2D eigenvalue weighted by Crippen LogP contribution is 2.23. The molecule has 0 saturated carbocycles. The molecule has 1 aromatic heterocycles. The summed E-state index contributed by atoms with van der Waals surface area (Å²) in [6, 6.07) is 3.95. The van der Waals surface area contributed by atoms with Crippen molar-refractivity contribution in [1.29, 1.82) is 0 Å². The Kier molecular flexibility index (Phi) is 2.05. The molecule has 2 N–H and O–H groups in total. The lowest BCUT2D eigenvalue weighted by Gasteiger charge is -2.18. The van der Waals surface area contributed by atoms with Gasteiger partial charge in [0.25, 0.3) is 0 Å². The minimum Gasteiger partial charge on any atom is -0.466 e. The van der Waals surface area contributed by atoms with Crippen molar-refractivity contribution in [3.05, 3.63) is 23.7 Å². The van der Waals surface area contributed by atoms with Gasteiger partial charge in [0.2, 0.25) is 0 Å². The first-order valence-electron chi connectivity index (χ1n) is 3.83. The van der Waals surface area contributed by atoms with Crippen LogP contribution in [0.2, 0.25) is 0 Å². The van der Waals surface area contributed by atoms with E-state index in [0.717, 1.165) is 11.5 Å². The minimum atomic E-state index is -0.0335. The number of hydrogen-bond donors (Lipinski definition) is 1. The van der Waals surface area contributed by atoms with Crippen LogP contribution >= 0.6 is 0 Å². The number of nitrogens with two attached hydrogens (primary N) is 1. The summed E-state index contributed by atoms with van der Waals surface area (Å²) in [7, 11) is 0. The Morgan fingerprint density at radius 1 is 1.45 bits per heavy atom. The molecule has 0 fully saturated rings. The van der Waals surface area contributed by atoms with Crippen molar-refractivity contribution >= 4 is 0 Å². The van der Waals surface area contributed by atoms with E-state index in [9.17, 15) is 0 Å². The predicted octanol–water partition coefficient (Wildman–Crippen LogP) is 1.82. The zero-order valence-corrected chi connectivity index (χ0v) is 7.35. The molecule has 2 heteroatoms. The van der Waals surface area contributed by atoms with Gasteiger partial charge in [-0.3, -0.25) is 0 Å². The number of rotatable bonds is 2. The van der Waals surface area contributed by atoms with Crippen molar-refractivity contribution < 1.29 is 4.42 Å². The monoisotopic (exact) mass is 153 g/mol. The standard InChI is InChI=1S/C9H15NO/c1-7-4-5-8(11-7)9(2,3)6-10/h4-5H,6,10H2,1-3H3. The molecule has 11 heavy (non-hydrogen) atoms. The maximum Gasteiger partial charge on any atom is 0.111 e. The smallest absolute Gasteiger partial charge is 0.111 e. The normalized spacial score (nSPS) is 12.0. The Balaban J connectivity index is 2.92. The highest BCUT2D eigenvalue weighted by atomic mass is 16.3. The molecule has 0 aromatic carbocycles. The van der Waals surface area contributed by atoms with Crippen molar-refractivity contribution in [2.75, 3.05) is 6.54 Å². The summed E-state index contributed by atoms with van der Waals surface area (Å²) >= 11 is 0. The number of hydrogen-bond acceptors (Lipinski definition) is 2. The minimum absolute atomic E-state index is 0.0335. The van der Waals surface area contributed by atoms with Crippen molar-refractivity contribution in [3.63, 3.8) is 0 Å². The van der Waals surface area contributed by atoms with Gasteiger partial charge in [-0.15, -0.1) is 0 Å². The van der Waals surface area contributed by atoms with E-state index in [-0.39, 0.29) is 5.41 Å². The van der Waals surface area contributed by atoms with E-state index in [1.165, 1.54) is 0 Å². The molecule has 0 bridgehead atoms. The Hall–Kier alpha value is -0.760. The maximum absolute atomic E-state index is 5.59. The molecule has 0 unspecified atom stereocenters. The van der Waals surface area contributed by atoms with Gasteiger partial charge in [-0.2, -0.15) is 0 Å². The van der Waals surface area contributed by atoms with Crippen molar-refractivity contribution in [3.8, 4) is 0 Å². The zero-order valence-electron chi connectivity index (χ0n) is 7.35. The van der Waals surface area contributed by atoms with Crippen LogP contribution in [-0.2, 0) is 5.41 Å². The van der Waals surface area contributed by atoms with Crippen molar-refractivity contribution in [1.82, 2.24) is 0 Å². The summed E-state index contributed by atoms with van der Waals surface area (Å²) in [4.78, 5) is 0. The van der Waals surface area contributed by atoms with Gasteiger partial charge in [0.15, 0.2) is 0 Å². The summed E-state index contributed by atoms with van der Waals surface area (Å²) in [6.07, 6.45) is 0. The molecular weight excluding hydrogens is 138 g/mol. The molecule has 1 heterocycles. The van der Waals surface area contributed by atoms with Crippen LogP contribution in [0.1, 0.15) is 25.4 Å². The van der Waals surface area contributed by atoms with E-state index in [1.54, 1.807) is 0 Å². The Labute approximate surface area is 67.4 Å². The summed E-state index contributed by atoms with van der Waals surface area (Å²) in [6.45, 7) is 6.70. The largest absolute Gasteiger partial charge is 0.466 e. The first-order valence-corrected chi connectivity index (χ1v) is 3.83. The summed E-state index contributed by atoms with van der Waals surface area (Å²) < 4.78 is 5.46. The quantitative estimate of drug-likeness (QED) is 0.704. The highest BCUT2D eigenvalue weighted by Gasteiger charge is 2.21. The molecule has 1 rings (SSSR count). The third-order valence-electron chi connectivity index (χ3n) is 1.92. The lowest BCUT2D eigenvalue weighted by molar-refractivity contribution is 0.380. The topological polar surface area (TPSA) is 39.2 Å². The van der Waals surface area contributed by atoms with Crippen LogP contribution in [0.4, 0.5) is 0 Å². The molecule has 0 radical (unpaired) electrons. The average Bonchev–Trinajstić information content (AvgIpc) is 2.36. The number of aryl methyl sites for hydroxylation is 1. The van der Waals surface area contributed by atoms with E-state index >= 15 is 0 Å². The molecule has 0 aliphatic rings. The average molecular weight is 153 g/mol. The highest BCUT2D eigenvalue weighted by molar-refractivity contribution is 5.14. The predicted molar refractivity (Wildman–Crippen MR) is 45.5 cm³/mol. The van der Waals surface area contributed by atoms with Crippen LogP contribution in [-0.4, -0.2) is 6.54 Å². The fourth-order valence-corrected chi connectivity index (χ4v) is 0.899. The van der Waals surface area contributed by atoms with Crippen molar-refractivity contribution in [2.24, 2.45) is 5.73 Å². The fourth-order valence-electron chi connectivity index (χ4n) is 0.899. The first-order chi connectivity index (χ1) is 5.06. The molecule has 0 aliphatic carbocycles. The molecule has 0 atom stereocenters. The molecule has 0 aliphatic heterocycles. The lowest BCUT2D eigenvalue weighted by Crippen LogP contribution is -2.27. The first kappa shape index (κ1) is 8.34. The maximum atomic E-state index is 5.59. The SMILES string of the molecule is Cc1ccc(C(C)(C)CN)o1. The summed E-state index contributed by atoms with van der Waals surface area (Å²) in [5.41, 5.74) is 5.55. The van der Waals surface area contributed by atoms with Gasteiger partial charge in [0.1, 0.15) is 11.5 Å². The second-order valence-corrected chi connectivity index (χ2v) is 3.50. The van der Waals surface area contributed by atoms with Gasteiger partial charge >= 0.3 is 0 Å². The Morgan fingerprint density at radius 2 is 2.09 bits per heavy atom. The van der Waals surface area contributed by atoms with Gasteiger partial charge in [0, 0.05) is 12.0 Å². The van der Waals surface area contributed by atoms with Gasteiger partial charge in [0.05, 0.1) is 0 Å². The summed E-state index contributed by atoms with van der Waals surface area (Å²) in [5.74, 6) is 1.92. The van der Waals surface area contributed by atoms with E-state index in [4.69, 9.17) is 10.2 Å². The molecule has 62 valence electrons. The van der Waals surface area contributed by atoms with Gasteiger partial charge in [-0.05, 0) is 19.1 Å². The molecule has 0 saturated heterocycles. The Bertz CT molecular complexity index is 237. The number of furan rings is 1. The van der Waals surface area contributed by atoms with Crippen LogP contribution in [0, 0.1) is 6.92 Å². The van der Waals surface area contributed by atoms with Crippen LogP contribution in [0.15, 0.2) is 16.5 Å². The van der Waals surface area contributed by atoms with Crippen LogP contribution in [0.5, 0.6) is 0 Å². The molecule has 0 amide bonds. The van der Waals surface area contributed by atoms with Gasteiger partial charge in [-0.25, -0.2) is 0 Å². The van der Waals surface area contributed by atoms with E-state index in [0.29, 0.717) is 6.54 Å². The van der Waals surface area contributed by atoms with Crippen LogP contribution < -0.4 is 5.73 Å². The van der Waals surface area contributed by atoms with Gasteiger partial charge in [-0.1, -0.05) is 13.8 Å². The van der Waals surface area contributed by atoms with Crippen LogP contribution in [0.25, 0.3) is 0 Å². The third-order valence-corrected chi connectivity index (χ3v) is 1.92. The molecule has 1 aromatic rings. The molecular formula is C9H15NO. The van der Waals surface area contributed by atoms with Gasteiger partial charge < -0.3 is 10.2 Å². The van der Waals surface area contributed by atoms with E-state index < -0.39 is 0 Å². The molecule has 2 nitrogen and oxygen atoms in total. The second kappa shape index (κ2) is 2.70.